The van der Waals surface area contributed by atoms with E-state index in [0.29, 0.717) is 5.69 Å². The number of hydrogen-bond acceptors (Lipinski definition) is 6. The summed E-state index contributed by atoms with van der Waals surface area (Å²) in [6.45, 7) is 3.02. The van der Waals surface area contributed by atoms with Crippen molar-refractivity contribution in [2.45, 2.75) is 42.4 Å². The quantitative estimate of drug-likeness (QED) is 0.765. The molecule has 1 aromatic carbocycles. The number of amides is 2. The molecule has 136 valence electrons. The number of anilines is 1. The SMILES string of the molecule is CC1Sc2ccc(C(=O)OCC(=O)NC(C)(C#N)C3CC3)cc2NC1=O. The fourth-order valence-corrected chi connectivity index (χ4v) is 3.69. The lowest BCUT2D eigenvalue weighted by atomic mass is 9.98. The van der Waals surface area contributed by atoms with Crippen LogP contribution < -0.4 is 10.6 Å². The van der Waals surface area contributed by atoms with Gasteiger partial charge in [-0.2, -0.15) is 5.26 Å². The maximum atomic E-state index is 12.2. The van der Waals surface area contributed by atoms with Crippen LogP contribution in [0.1, 0.15) is 37.0 Å². The fraction of sp³-hybridized carbons (Fsp3) is 0.444. The van der Waals surface area contributed by atoms with E-state index in [1.165, 1.54) is 17.8 Å². The molecule has 2 atom stereocenters. The van der Waals surface area contributed by atoms with Gasteiger partial charge in [0.1, 0.15) is 5.54 Å². The molecule has 26 heavy (non-hydrogen) atoms. The van der Waals surface area contributed by atoms with Crippen molar-refractivity contribution in [1.82, 2.24) is 5.32 Å². The van der Waals surface area contributed by atoms with E-state index >= 15 is 0 Å². The molecule has 3 rings (SSSR count). The number of ether oxygens (including phenoxy) is 1. The first-order valence-corrected chi connectivity index (χ1v) is 9.21. The summed E-state index contributed by atoms with van der Waals surface area (Å²) >= 11 is 1.42. The molecule has 1 saturated carbocycles. The zero-order valence-corrected chi connectivity index (χ0v) is 15.3. The summed E-state index contributed by atoms with van der Waals surface area (Å²) in [5.74, 6) is -1.14. The third kappa shape index (κ3) is 3.83. The van der Waals surface area contributed by atoms with Gasteiger partial charge in [-0.1, -0.05) is 0 Å². The zero-order chi connectivity index (χ0) is 18.9. The Labute approximate surface area is 155 Å². The second-order valence-corrected chi connectivity index (χ2v) is 8.06. The van der Waals surface area contributed by atoms with Crippen LogP contribution in [-0.2, 0) is 14.3 Å². The Morgan fingerprint density at radius 1 is 1.46 bits per heavy atom. The first-order chi connectivity index (χ1) is 12.3. The number of thioether (sulfide) groups is 1. The van der Waals surface area contributed by atoms with E-state index in [9.17, 15) is 19.6 Å². The number of carbonyl (C=O) groups is 3. The molecule has 8 heteroatoms. The molecule has 1 fully saturated rings. The summed E-state index contributed by atoms with van der Waals surface area (Å²) in [7, 11) is 0. The molecule has 0 saturated heterocycles. The highest BCUT2D eigenvalue weighted by Gasteiger charge is 2.43. The van der Waals surface area contributed by atoms with E-state index in [1.54, 1.807) is 26.0 Å². The molecule has 2 unspecified atom stereocenters. The van der Waals surface area contributed by atoms with Crippen LogP contribution in [0, 0.1) is 17.2 Å². The predicted octanol–water partition coefficient (Wildman–Crippen LogP) is 2.08. The number of rotatable bonds is 5. The Bertz CT molecular complexity index is 815. The van der Waals surface area contributed by atoms with Gasteiger partial charge in [-0.05, 0) is 50.8 Å². The summed E-state index contributed by atoms with van der Waals surface area (Å²) in [6, 6.07) is 6.99. The van der Waals surface area contributed by atoms with Crippen molar-refractivity contribution in [1.29, 1.82) is 5.26 Å². The Kier molecular flexibility index (Phi) is 4.92. The fourth-order valence-electron chi connectivity index (χ4n) is 2.76. The smallest absolute Gasteiger partial charge is 0.338 e. The number of fused-ring (bicyclic) bond motifs is 1. The van der Waals surface area contributed by atoms with Crippen LogP contribution >= 0.6 is 11.8 Å². The number of benzene rings is 1. The number of esters is 1. The van der Waals surface area contributed by atoms with Crippen molar-refractivity contribution in [3.05, 3.63) is 23.8 Å². The topological polar surface area (TPSA) is 108 Å². The summed E-state index contributed by atoms with van der Waals surface area (Å²) in [4.78, 5) is 36.8. The van der Waals surface area contributed by atoms with Crippen LogP contribution in [0.3, 0.4) is 0 Å². The summed E-state index contributed by atoms with van der Waals surface area (Å²) < 4.78 is 5.04. The maximum Gasteiger partial charge on any atom is 0.338 e. The van der Waals surface area contributed by atoms with Crippen LogP contribution in [-0.4, -0.2) is 35.2 Å². The highest BCUT2D eigenvalue weighted by Crippen LogP contribution is 2.39. The molecule has 7 nitrogen and oxygen atoms in total. The van der Waals surface area contributed by atoms with Crippen LogP contribution in [0.4, 0.5) is 5.69 Å². The van der Waals surface area contributed by atoms with Gasteiger partial charge < -0.3 is 15.4 Å². The maximum absolute atomic E-state index is 12.2. The van der Waals surface area contributed by atoms with E-state index in [4.69, 9.17) is 4.74 Å². The van der Waals surface area contributed by atoms with Crippen molar-refractivity contribution in [2.75, 3.05) is 11.9 Å². The molecular formula is C18H19N3O4S. The molecule has 2 amide bonds. The lowest BCUT2D eigenvalue weighted by Crippen LogP contribution is -2.48. The molecule has 0 spiro atoms. The molecule has 1 aromatic rings. The van der Waals surface area contributed by atoms with Gasteiger partial charge in [0.15, 0.2) is 6.61 Å². The number of hydrogen-bond donors (Lipinski definition) is 2. The average molecular weight is 373 g/mol. The molecule has 1 heterocycles. The molecule has 0 radical (unpaired) electrons. The number of nitriles is 1. The van der Waals surface area contributed by atoms with Gasteiger partial charge in [-0.15, -0.1) is 11.8 Å². The average Bonchev–Trinajstić information content (AvgIpc) is 3.46. The van der Waals surface area contributed by atoms with Gasteiger partial charge >= 0.3 is 5.97 Å². The Balaban J connectivity index is 1.59. The highest BCUT2D eigenvalue weighted by atomic mass is 32.2. The van der Waals surface area contributed by atoms with Gasteiger partial charge in [0, 0.05) is 4.90 Å². The predicted molar refractivity (Wildman–Crippen MR) is 95.6 cm³/mol. The minimum atomic E-state index is -0.923. The van der Waals surface area contributed by atoms with Crippen molar-refractivity contribution in [3.63, 3.8) is 0 Å². The highest BCUT2D eigenvalue weighted by molar-refractivity contribution is 8.00. The van der Waals surface area contributed by atoms with E-state index in [1.807, 2.05) is 0 Å². The van der Waals surface area contributed by atoms with E-state index < -0.39 is 24.0 Å². The zero-order valence-electron chi connectivity index (χ0n) is 14.5. The van der Waals surface area contributed by atoms with E-state index in [-0.39, 0.29) is 22.6 Å². The van der Waals surface area contributed by atoms with Crippen LogP contribution in [0.15, 0.2) is 23.1 Å². The van der Waals surface area contributed by atoms with Gasteiger partial charge in [-0.3, -0.25) is 9.59 Å². The number of nitrogens with zero attached hydrogens (tertiary/aromatic N) is 1. The van der Waals surface area contributed by atoms with Crippen molar-refractivity contribution < 1.29 is 19.1 Å². The molecule has 2 N–H and O–H groups in total. The molecule has 1 aliphatic heterocycles. The first kappa shape index (κ1) is 18.3. The Hall–Kier alpha value is -2.53. The lowest BCUT2D eigenvalue weighted by Gasteiger charge is -2.23. The summed E-state index contributed by atoms with van der Waals surface area (Å²) in [5, 5.41) is 14.4. The summed E-state index contributed by atoms with van der Waals surface area (Å²) in [6.07, 6.45) is 1.81. The summed E-state index contributed by atoms with van der Waals surface area (Å²) in [5.41, 5.74) is -0.118. The standard InChI is InChI=1S/C18H19N3O4S/c1-10-16(23)20-13-7-11(3-6-14(13)26-10)17(24)25-8-15(22)21-18(2,9-19)12-4-5-12/h3,6-7,10,12H,4-5,8H2,1-2H3,(H,20,23)(H,21,22). The van der Waals surface area contributed by atoms with E-state index in [2.05, 4.69) is 16.7 Å². The molecule has 0 aromatic heterocycles. The van der Waals surface area contributed by atoms with Gasteiger partial charge in [0.05, 0.1) is 22.6 Å². The third-order valence-electron chi connectivity index (χ3n) is 4.51. The lowest BCUT2D eigenvalue weighted by molar-refractivity contribution is -0.125. The van der Waals surface area contributed by atoms with Gasteiger partial charge in [-0.25, -0.2) is 4.79 Å². The van der Waals surface area contributed by atoms with Crippen LogP contribution in [0.2, 0.25) is 0 Å². The Morgan fingerprint density at radius 3 is 2.85 bits per heavy atom. The molecule has 2 aliphatic rings. The van der Waals surface area contributed by atoms with Crippen molar-refractivity contribution in [2.24, 2.45) is 5.92 Å². The normalized spacial score (nSPS) is 20.8. The van der Waals surface area contributed by atoms with Crippen LogP contribution in [0.25, 0.3) is 0 Å². The largest absolute Gasteiger partial charge is 0.452 e. The second-order valence-electron chi connectivity index (χ2n) is 6.67. The van der Waals surface area contributed by atoms with Gasteiger partial charge in [0.25, 0.3) is 5.91 Å². The monoisotopic (exact) mass is 373 g/mol. The third-order valence-corrected chi connectivity index (χ3v) is 5.68. The van der Waals surface area contributed by atoms with Gasteiger partial charge in [0.2, 0.25) is 5.91 Å². The minimum absolute atomic E-state index is 0.122. The minimum Gasteiger partial charge on any atom is -0.452 e. The van der Waals surface area contributed by atoms with Crippen LogP contribution in [0.5, 0.6) is 0 Å². The van der Waals surface area contributed by atoms with Crippen molar-refractivity contribution in [3.8, 4) is 6.07 Å². The number of nitrogens with one attached hydrogen (secondary N) is 2. The molecule has 1 aliphatic carbocycles. The van der Waals surface area contributed by atoms with E-state index in [0.717, 1.165) is 17.7 Å². The number of carbonyl (C=O) groups excluding carboxylic acids is 3. The molecular weight excluding hydrogens is 354 g/mol. The second kappa shape index (κ2) is 7.00. The first-order valence-electron chi connectivity index (χ1n) is 8.33. The Morgan fingerprint density at radius 2 is 2.19 bits per heavy atom. The molecule has 0 bridgehead atoms. The van der Waals surface area contributed by atoms with Crippen molar-refractivity contribution >= 4 is 35.2 Å².